The summed E-state index contributed by atoms with van der Waals surface area (Å²) in [7, 11) is 0. The molecular formula is C10H21O. The minimum atomic E-state index is 0.815. The summed E-state index contributed by atoms with van der Waals surface area (Å²) in [5, 5.41) is 0. The first-order chi connectivity index (χ1) is 5.31. The van der Waals surface area contributed by atoms with Gasteiger partial charge in [-0.05, 0) is 18.8 Å². The third-order valence-corrected chi connectivity index (χ3v) is 1.99. The first-order valence-corrected chi connectivity index (χ1v) is 4.68. The maximum absolute atomic E-state index is 5.41. The first kappa shape index (κ1) is 11.0. The predicted molar refractivity (Wildman–Crippen MR) is 49.5 cm³/mol. The van der Waals surface area contributed by atoms with Crippen LogP contribution in [0.15, 0.2) is 0 Å². The highest BCUT2D eigenvalue weighted by Gasteiger charge is 1.97. The van der Waals surface area contributed by atoms with Gasteiger partial charge in [0.15, 0.2) is 0 Å². The van der Waals surface area contributed by atoms with Gasteiger partial charge in [0.1, 0.15) is 0 Å². The standard InChI is InChI=1S/C10H21O/c1-4-6-8-11-9-7-10(3)5-2/h10H,1,4-9H2,2-3H3. The maximum atomic E-state index is 5.41. The van der Waals surface area contributed by atoms with E-state index in [1.165, 1.54) is 12.8 Å². The number of unbranched alkanes of at least 4 members (excludes halogenated alkanes) is 1. The molecule has 11 heavy (non-hydrogen) atoms. The van der Waals surface area contributed by atoms with Crippen molar-refractivity contribution in [2.45, 2.75) is 39.5 Å². The molecule has 67 valence electrons. The van der Waals surface area contributed by atoms with Gasteiger partial charge in [-0.3, -0.25) is 0 Å². The summed E-state index contributed by atoms with van der Waals surface area (Å²) in [4.78, 5) is 0. The van der Waals surface area contributed by atoms with Crippen molar-refractivity contribution in [3.63, 3.8) is 0 Å². The third-order valence-electron chi connectivity index (χ3n) is 1.99. The minimum absolute atomic E-state index is 0.815. The van der Waals surface area contributed by atoms with Crippen LogP contribution in [0, 0.1) is 12.8 Å². The lowest BCUT2D eigenvalue weighted by Crippen LogP contribution is -2.01. The maximum Gasteiger partial charge on any atom is 0.0468 e. The summed E-state index contributed by atoms with van der Waals surface area (Å²) in [5.41, 5.74) is 0. The highest BCUT2D eigenvalue weighted by molar-refractivity contribution is 4.48. The average molecular weight is 157 g/mol. The van der Waals surface area contributed by atoms with Crippen molar-refractivity contribution in [1.29, 1.82) is 0 Å². The van der Waals surface area contributed by atoms with Gasteiger partial charge in [-0.15, -0.1) is 0 Å². The third kappa shape index (κ3) is 7.86. The molecular weight excluding hydrogens is 136 g/mol. The lowest BCUT2D eigenvalue weighted by atomic mass is 10.1. The topological polar surface area (TPSA) is 9.23 Å². The smallest absolute Gasteiger partial charge is 0.0468 e. The Hall–Kier alpha value is -0.0400. The van der Waals surface area contributed by atoms with E-state index in [0.717, 1.165) is 32.0 Å². The molecule has 1 nitrogen and oxygen atoms in total. The Kier molecular flexibility index (Phi) is 8.03. The SMILES string of the molecule is [CH2]CCCOCCC(C)CC. The molecule has 0 saturated heterocycles. The van der Waals surface area contributed by atoms with Crippen LogP contribution in [0.1, 0.15) is 39.5 Å². The summed E-state index contributed by atoms with van der Waals surface area (Å²) >= 11 is 0. The highest BCUT2D eigenvalue weighted by Crippen LogP contribution is 2.05. The van der Waals surface area contributed by atoms with Gasteiger partial charge < -0.3 is 4.74 Å². The molecule has 0 spiro atoms. The van der Waals surface area contributed by atoms with Crippen LogP contribution in [0.2, 0.25) is 0 Å². The molecule has 1 unspecified atom stereocenters. The fourth-order valence-electron chi connectivity index (χ4n) is 0.795. The zero-order valence-electron chi connectivity index (χ0n) is 7.94. The molecule has 0 aromatic rings. The molecule has 0 aliphatic heterocycles. The van der Waals surface area contributed by atoms with Crippen molar-refractivity contribution in [3.8, 4) is 0 Å². The fourth-order valence-corrected chi connectivity index (χ4v) is 0.795. The molecule has 0 fully saturated rings. The molecule has 1 atom stereocenters. The molecule has 0 bridgehead atoms. The van der Waals surface area contributed by atoms with Gasteiger partial charge in [0, 0.05) is 13.2 Å². The molecule has 0 rings (SSSR count). The van der Waals surface area contributed by atoms with Crippen LogP contribution >= 0.6 is 0 Å². The lowest BCUT2D eigenvalue weighted by Gasteiger charge is -2.07. The molecule has 0 aromatic heterocycles. The van der Waals surface area contributed by atoms with E-state index in [1.54, 1.807) is 0 Å². The Morgan fingerprint density at radius 1 is 1.36 bits per heavy atom. The fraction of sp³-hybridized carbons (Fsp3) is 0.900. The number of ether oxygens (including phenoxy) is 1. The van der Waals surface area contributed by atoms with E-state index >= 15 is 0 Å². The zero-order chi connectivity index (χ0) is 8.53. The van der Waals surface area contributed by atoms with Gasteiger partial charge in [-0.25, -0.2) is 0 Å². The van der Waals surface area contributed by atoms with E-state index in [4.69, 9.17) is 4.74 Å². The molecule has 0 aromatic carbocycles. The number of rotatable bonds is 7. The van der Waals surface area contributed by atoms with Crippen molar-refractivity contribution < 1.29 is 4.74 Å². The van der Waals surface area contributed by atoms with Crippen LogP contribution in [-0.2, 0) is 4.74 Å². The summed E-state index contributed by atoms with van der Waals surface area (Å²) in [6.45, 7) is 10.1. The van der Waals surface area contributed by atoms with Crippen molar-refractivity contribution >= 4 is 0 Å². The van der Waals surface area contributed by atoms with Crippen LogP contribution in [0.25, 0.3) is 0 Å². The van der Waals surface area contributed by atoms with E-state index < -0.39 is 0 Å². The Morgan fingerprint density at radius 2 is 2.09 bits per heavy atom. The van der Waals surface area contributed by atoms with Gasteiger partial charge in [-0.1, -0.05) is 33.6 Å². The summed E-state index contributed by atoms with van der Waals surface area (Å²) < 4.78 is 5.41. The van der Waals surface area contributed by atoms with E-state index in [-0.39, 0.29) is 0 Å². The second kappa shape index (κ2) is 8.06. The van der Waals surface area contributed by atoms with Crippen LogP contribution in [0.5, 0.6) is 0 Å². The van der Waals surface area contributed by atoms with Crippen molar-refractivity contribution in [3.05, 3.63) is 6.92 Å². The monoisotopic (exact) mass is 157 g/mol. The molecule has 0 aliphatic carbocycles. The summed E-state index contributed by atoms with van der Waals surface area (Å²) in [6.07, 6.45) is 4.55. The second-order valence-corrected chi connectivity index (χ2v) is 3.12. The molecule has 0 amide bonds. The van der Waals surface area contributed by atoms with Gasteiger partial charge >= 0.3 is 0 Å². The van der Waals surface area contributed by atoms with E-state index in [1.807, 2.05) is 0 Å². The molecule has 0 N–H and O–H groups in total. The summed E-state index contributed by atoms with van der Waals surface area (Å²) in [5.74, 6) is 0.815. The van der Waals surface area contributed by atoms with Crippen LogP contribution in [0.3, 0.4) is 0 Å². The first-order valence-electron chi connectivity index (χ1n) is 4.68. The molecule has 0 saturated carbocycles. The van der Waals surface area contributed by atoms with Crippen molar-refractivity contribution in [2.24, 2.45) is 5.92 Å². The second-order valence-electron chi connectivity index (χ2n) is 3.12. The Labute approximate surface area is 71.1 Å². The molecule has 0 aliphatic rings. The Morgan fingerprint density at radius 3 is 2.64 bits per heavy atom. The normalized spacial score (nSPS) is 13.4. The lowest BCUT2D eigenvalue weighted by molar-refractivity contribution is 0.119. The Balaban J connectivity index is 2.89. The molecule has 1 radical (unpaired) electrons. The van der Waals surface area contributed by atoms with Gasteiger partial charge in [0.2, 0.25) is 0 Å². The van der Waals surface area contributed by atoms with Crippen LogP contribution in [0.4, 0.5) is 0 Å². The van der Waals surface area contributed by atoms with Crippen molar-refractivity contribution in [2.75, 3.05) is 13.2 Å². The average Bonchev–Trinajstić information content (AvgIpc) is 2.04. The molecule has 1 heteroatoms. The number of hydrogen-bond acceptors (Lipinski definition) is 1. The Bertz CT molecular complexity index is 71.3. The van der Waals surface area contributed by atoms with Gasteiger partial charge in [0.05, 0.1) is 0 Å². The van der Waals surface area contributed by atoms with E-state index in [0.29, 0.717) is 0 Å². The van der Waals surface area contributed by atoms with E-state index in [9.17, 15) is 0 Å². The van der Waals surface area contributed by atoms with Crippen molar-refractivity contribution in [1.82, 2.24) is 0 Å². The predicted octanol–water partition coefficient (Wildman–Crippen LogP) is 3.05. The number of hydrogen-bond donors (Lipinski definition) is 0. The van der Waals surface area contributed by atoms with Gasteiger partial charge in [0.25, 0.3) is 0 Å². The largest absolute Gasteiger partial charge is 0.381 e. The highest BCUT2D eigenvalue weighted by atomic mass is 16.5. The van der Waals surface area contributed by atoms with E-state index in [2.05, 4.69) is 20.8 Å². The van der Waals surface area contributed by atoms with Gasteiger partial charge in [-0.2, -0.15) is 0 Å². The quantitative estimate of drug-likeness (QED) is 0.516. The minimum Gasteiger partial charge on any atom is -0.381 e. The zero-order valence-corrected chi connectivity index (χ0v) is 7.94. The molecule has 0 heterocycles. The van der Waals surface area contributed by atoms with Crippen LogP contribution in [-0.4, -0.2) is 13.2 Å². The summed E-state index contributed by atoms with van der Waals surface area (Å²) in [6, 6.07) is 0. The van der Waals surface area contributed by atoms with Crippen LogP contribution < -0.4 is 0 Å².